The Balaban J connectivity index is 2.52. The first kappa shape index (κ1) is 18.2. The van der Waals surface area contributed by atoms with Crippen molar-refractivity contribution in [1.29, 1.82) is 0 Å². The van der Waals surface area contributed by atoms with E-state index < -0.39 is 15.8 Å². The molecule has 0 atom stereocenters. The summed E-state index contributed by atoms with van der Waals surface area (Å²) in [6.07, 6.45) is 0. The third-order valence-corrected chi connectivity index (χ3v) is 4.82. The second kappa shape index (κ2) is 7.14. The van der Waals surface area contributed by atoms with E-state index in [2.05, 4.69) is 4.72 Å². The van der Waals surface area contributed by atoms with Gasteiger partial charge in [-0.25, -0.2) is 12.8 Å². The second-order valence-electron chi connectivity index (χ2n) is 4.59. The van der Waals surface area contributed by atoms with Crippen molar-refractivity contribution in [3.05, 3.63) is 41.2 Å². The van der Waals surface area contributed by atoms with Gasteiger partial charge in [-0.2, -0.15) is 0 Å². The number of ether oxygens (including phenoxy) is 3. The monoisotopic (exact) mass is 375 g/mol. The van der Waals surface area contributed by atoms with Crippen LogP contribution in [0.15, 0.2) is 35.2 Å². The fourth-order valence-corrected chi connectivity index (χ4v) is 3.47. The molecule has 0 aliphatic heterocycles. The molecule has 0 fully saturated rings. The standard InChI is InChI=1S/C15H15ClFNO5S/c1-21-12-5-4-9(17)6-15(12)24(19,20)18-11-8-13(22-2)10(16)7-14(11)23-3/h4-8,18H,1-3H3. The molecular formula is C15H15ClFNO5S. The molecule has 0 aromatic heterocycles. The molecule has 130 valence electrons. The lowest BCUT2D eigenvalue weighted by atomic mass is 10.3. The molecule has 0 bridgehead atoms. The Hall–Kier alpha value is -2.19. The number of rotatable bonds is 6. The normalized spacial score (nSPS) is 11.0. The first-order chi connectivity index (χ1) is 11.3. The number of halogens is 2. The van der Waals surface area contributed by atoms with E-state index >= 15 is 0 Å². The molecule has 2 aromatic carbocycles. The van der Waals surface area contributed by atoms with Gasteiger partial charge in [0.15, 0.2) is 0 Å². The van der Waals surface area contributed by atoms with Crippen LogP contribution in [0.5, 0.6) is 17.2 Å². The average Bonchev–Trinajstić information content (AvgIpc) is 2.55. The molecule has 0 amide bonds. The van der Waals surface area contributed by atoms with E-state index in [9.17, 15) is 12.8 Å². The maximum atomic E-state index is 13.5. The Morgan fingerprint density at radius 2 is 1.58 bits per heavy atom. The van der Waals surface area contributed by atoms with Crippen LogP contribution in [0.3, 0.4) is 0 Å². The maximum absolute atomic E-state index is 13.5. The topological polar surface area (TPSA) is 73.9 Å². The molecule has 0 spiro atoms. The summed E-state index contributed by atoms with van der Waals surface area (Å²) in [5, 5.41) is 0.251. The first-order valence-electron chi connectivity index (χ1n) is 6.60. The second-order valence-corrected chi connectivity index (χ2v) is 6.65. The van der Waals surface area contributed by atoms with Crippen LogP contribution < -0.4 is 18.9 Å². The van der Waals surface area contributed by atoms with Crippen LogP contribution in [0.1, 0.15) is 0 Å². The molecule has 2 aromatic rings. The number of sulfonamides is 1. The van der Waals surface area contributed by atoms with Crippen molar-refractivity contribution in [2.75, 3.05) is 26.1 Å². The zero-order chi connectivity index (χ0) is 17.9. The number of nitrogens with one attached hydrogen (secondary N) is 1. The number of hydrogen-bond acceptors (Lipinski definition) is 5. The molecule has 0 aliphatic rings. The molecule has 0 radical (unpaired) electrons. The largest absolute Gasteiger partial charge is 0.495 e. The van der Waals surface area contributed by atoms with Crippen molar-refractivity contribution in [1.82, 2.24) is 0 Å². The van der Waals surface area contributed by atoms with Gasteiger partial charge in [0.1, 0.15) is 28.0 Å². The number of methoxy groups -OCH3 is 3. The molecular weight excluding hydrogens is 361 g/mol. The van der Waals surface area contributed by atoms with Gasteiger partial charge in [-0.05, 0) is 18.2 Å². The van der Waals surface area contributed by atoms with Crippen LogP contribution in [-0.2, 0) is 10.0 Å². The molecule has 0 saturated heterocycles. The SMILES string of the molecule is COc1cc(NS(=O)(=O)c2cc(F)ccc2OC)c(OC)cc1Cl. The predicted octanol–water partition coefficient (Wildman–Crippen LogP) is 3.31. The minimum absolute atomic E-state index is 0.00351. The van der Waals surface area contributed by atoms with Gasteiger partial charge in [0, 0.05) is 12.1 Å². The highest BCUT2D eigenvalue weighted by Gasteiger charge is 2.23. The molecule has 0 heterocycles. The van der Waals surface area contributed by atoms with Crippen molar-refractivity contribution >= 4 is 27.3 Å². The van der Waals surface area contributed by atoms with E-state index in [1.807, 2.05) is 0 Å². The van der Waals surface area contributed by atoms with Crippen LogP contribution in [0, 0.1) is 5.82 Å². The van der Waals surface area contributed by atoms with Crippen molar-refractivity contribution in [2.24, 2.45) is 0 Å². The summed E-state index contributed by atoms with van der Waals surface area (Å²) >= 11 is 5.99. The van der Waals surface area contributed by atoms with E-state index in [4.69, 9.17) is 25.8 Å². The highest BCUT2D eigenvalue weighted by atomic mass is 35.5. The van der Waals surface area contributed by atoms with Crippen LogP contribution in [-0.4, -0.2) is 29.7 Å². The van der Waals surface area contributed by atoms with Gasteiger partial charge in [0.2, 0.25) is 0 Å². The number of anilines is 1. The number of hydrogen-bond donors (Lipinski definition) is 1. The van der Waals surface area contributed by atoms with E-state index in [0.717, 1.165) is 12.1 Å². The smallest absolute Gasteiger partial charge is 0.265 e. The van der Waals surface area contributed by atoms with Crippen LogP contribution in [0.2, 0.25) is 5.02 Å². The molecule has 24 heavy (non-hydrogen) atoms. The van der Waals surface area contributed by atoms with E-state index in [1.165, 1.54) is 39.5 Å². The third kappa shape index (κ3) is 3.65. The Labute approximate surface area is 144 Å². The Bertz CT molecular complexity index is 857. The van der Waals surface area contributed by atoms with Gasteiger partial charge >= 0.3 is 0 Å². The van der Waals surface area contributed by atoms with Gasteiger partial charge in [0.25, 0.3) is 10.0 Å². The van der Waals surface area contributed by atoms with E-state index in [0.29, 0.717) is 0 Å². The quantitative estimate of drug-likeness (QED) is 0.838. The van der Waals surface area contributed by atoms with E-state index in [1.54, 1.807) is 0 Å². The summed E-state index contributed by atoms with van der Waals surface area (Å²) in [5.41, 5.74) is 0.0880. The minimum Gasteiger partial charge on any atom is -0.495 e. The summed E-state index contributed by atoms with van der Waals surface area (Å²) < 4.78 is 56.1. The summed E-state index contributed by atoms with van der Waals surface area (Å²) in [6.45, 7) is 0. The molecule has 0 unspecified atom stereocenters. The zero-order valence-electron chi connectivity index (χ0n) is 13.1. The summed E-state index contributed by atoms with van der Waals surface area (Å²) in [6, 6.07) is 5.96. The van der Waals surface area contributed by atoms with Gasteiger partial charge < -0.3 is 14.2 Å². The van der Waals surface area contributed by atoms with Crippen LogP contribution >= 0.6 is 11.6 Å². The highest BCUT2D eigenvalue weighted by molar-refractivity contribution is 7.92. The lowest BCUT2D eigenvalue weighted by molar-refractivity contribution is 0.401. The van der Waals surface area contributed by atoms with Crippen molar-refractivity contribution < 1.29 is 27.0 Å². The van der Waals surface area contributed by atoms with Gasteiger partial charge in [-0.1, -0.05) is 11.6 Å². The molecule has 6 nitrogen and oxygen atoms in total. The average molecular weight is 376 g/mol. The summed E-state index contributed by atoms with van der Waals surface area (Å²) in [5.74, 6) is -0.276. The predicted molar refractivity (Wildman–Crippen MR) is 88.3 cm³/mol. The fourth-order valence-electron chi connectivity index (χ4n) is 2.00. The van der Waals surface area contributed by atoms with Gasteiger partial charge in [-0.15, -0.1) is 0 Å². The third-order valence-electron chi connectivity index (χ3n) is 3.13. The van der Waals surface area contributed by atoms with Gasteiger partial charge in [-0.3, -0.25) is 4.72 Å². The lowest BCUT2D eigenvalue weighted by Crippen LogP contribution is -2.15. The fraction of sp³-hybridized carbons (Fsp3) is 0.200. The summed E-state index contributed by atoms with van der Waals surface area (Å²) in [7, 11) is -0.103. The number of benzene rings is 2. The molecule has 2 rings (SSSR count). The van der Waals surface area contributed by atoms with Gasteiger partial charge in [0.05, 0.1) is 32.0 Å². The summed E-state index contributed by atoms with van der Waals surface area (Å²) in [4.78, 5) is -0.346. The molecule has 0 saturated carbocycles. The first-order valence-corrected chi connectivity index (χ1v) is 8.46. The maximum Gasteiger partial charge on any atom is 0.265 e. The molecule has 1 N–H and O–H groups in total. The lowest BCUT2D eigenvalue weighted by Gasteiger charge is -2.15. The van der Waals surface area contributed by atoms with Crippen molar-refractivity contribution in [3.63, 3.8) is 0 Å². The molecule has 0 aliphatic carbocycles. The van der Waals surface area contributed by atoms with Crippen molar-refractivity contribution in [2.45, 2.75) is 4.90 Å². The Kier molecular flexibility index (Phi) is 5.40. The van der Waals surface area contributed by atoms with Crippen LogP contribution in [0.4, 0.5) is 10.1 Å². The minimum atomic E-state index is -4.14. The highest BCUT2D eigenvalue weighted by Crippen LogP contribution is 2.37. The Morgan fingerprint density at radius 3 is 2.17 bits per heavy atom. The zero-order valence-corrected chi connectivity index (χ0v) is 14.7. The molecule has 9 heteroatoms. The van der Waals surface area contributed by atoms with E-state index in [-0.39, 0.29) is 32.9 Å². The van der Waals surface area contributed by atoms with Crippen molar-refractivity contribution in [3.8, 4) is 17.2 Å². The Morgan fingerprint density at radius 1 is 0.958 bits per heavy atom. The van der Waals surface area contributed by atoms with Crippen LogP contribution in [0.25, 0.3) is 0 Å².